The molecular weight excluding hydrogens is 523 g/mol. The quantitative estimate of drug-likeness (QED) is 0.225. The number of fused-ring (bicyclic) bond motifs is 1. The first-order valence-corrected chi connectivity index (χ1v) is 13.1. The molecule has 5 rings (SSSR count). The van der Waals surface area contributed by atoms with E-state index in [2.05, 4.69) is 25.7 Å². The number of anilines is 1. The highest BCUT2D eigenvalue weighted by Crippen LogP contribution is 2.43. The Morgan fingerprint density at radius 2 is 2.00 bits per heavy atom. The number of nitrogens with one attached hydrogen (secondary N) is 1. The molecule has 2 aromatic heterocycles. The summed E-state index contributed by atoms with van der Waals surface area (Å²) in [5.74, 6) is 0.679. The predicted molar refractivity (Wildman–Crippen MR) is 143 cm³/mol. The number of hydrogen-bond donors (Lipinski definition) is 1. The van der Waals surface area contributed by atoms with Crippen LogP contribution in [0, 0.1) is 11.3 Å². The van der Waals surface area contributed by atoms with Crippen LogP contribution in [0.15, 0.2) is 61.2 Å². The van der Waals surface area contributed by atoms with Crippen molar-refractivity contribution < 1.29 is 27.4 Å². The lowest BCUT2D eigenvalue weighted by molar-refractivity contribution is -0.196. The Kier molecular flexibility index (Phi) is 7.69. The fourth-order valence-electron chi connectivity index (χ4n) is 4.75. The smallest absolute Gasteiger partial charge is 0.425 e. The van der Waals surface area contributed by atoms with E-state index in [1.807, 2.05) is 29.0 Å². The van der Waals surface area contributed by atoms with E-state index in [9.17, 15) is 23.2 Å². The molecule has 0 spiro atoms. The number of ether oxygens (including phenoxy) is 2. The largest absolute Gasteiger partial charge is 0.494 e. The van der Waals surface area contributed by atoms with Crippen molar-refractivity contribution in [3.63, 3.8) is 0 Å². The van der Waals surface area contributed by atoms with Gasteiger partial charge < -0.3 is 18.6 Å². The number of benzene rings is 2. The molecule has 2 heterocycles. The predicted octanol–water partition coefficient (Wildman–Crippen LogP) is 7.07. The maximum Gasteiger partial charge on any atom is 0.425 e. The van der Waals surface area contributed by atoms with Gasteiger partial charge in [-0.1, -0.05) is 12.1 Å². The van der Waals surface area contributed by atoms with E-state index < -0.39 is 18.4 Å². The van der Waals surface area contributed by atoms with E-state index in [4.69, 9.17) is 4.74 Å². The van der Waals surface area contributed by atoms with Gasteiger partial charge in [0.15, 0.2) is 6.10 Å². The van der Waals surface area contributed by atoms with Crippen molar-refractivity contribution in [1.82, 2.24) is 14.1 Å². The molecule has 1 aliphatic carbocycles. The summed E-state index contributed by atoms with van der Waals surface area (Å²) in [6, 6.07) is 15.0. The summed E-state index contributed by atoms with van der Waals surface area (Å²) in [7, 11) is 0. The highest BCUT2D eigenvalue weighted by molar-refractivity contribution is 5.96. The van der Waals surface area contributed by atoms with Gasteiger partial charge >= 0.3 is 12.3 Å². The van der Waals surface area contributed by atoms with Crippen LogP contribution in [0.2, 0.25) is 0 Å². The first kappa shape index (κ1) is 27.1. The van der Waals surface area contributed by atoms with Gasteiger partial charge in [-0.15, -0.1) is 0 Å². The average Bonchev–Trinajstić information content (AvgIpc) is 3.51. The molecule has 4 aromatic rings. The van der Waals surface area contributed by atoms with Crippen LogP contribution in [0.4, 0.5) is 23.7 Å². The summed E-state index contributed by atoms with van der Waals surface area (Å²) in [5.41, 5.74) is 3.25. The summed E-state index contributed by atoms with van der Waals surface area (Å²) < 4.78 is 52.7. The number of aryl methyl sites for hydroxylation is 1. The third-order valence-electron chi connectivity index (χ3n) is 7.06. The summed E-state index contributed by atoms with van der Waals surface area (Å²) >= 11 is 0. The van der Waals surface area contributed by atoms with Crippen molar-refractivity contribution in [1.29, 1.82) is 5.26 Å². The molecule has 40 heavy (non-hydrogen) atoms. The molecule has 1 atom stereocenters. The van der Waals surface area contributed by atoms with E-state index in [-0.39, 0.29) is 11.7 Å². The number of halogens is 3. The topological polar surface area (TPSA) is 94.1 Å². The van der Waals surface area contributed by atoms with Gasteiger partial charge in [-0.25, -0.2) is 9.78 Å². The summed E-state index contributed by atoms with van der Waals surface area (Å²) in [5, 5.41) is 13.3. The van der Waals surface area contributed by atoms with Gasteiger partial charge in [0, 0.05) is 36.1 Å². The molecule has 208 valence electrons. The number of nitrogens with zero attached hydrogens (tertiary/aromatic N) is 4. The normalized spacial score (nSPS) is 14.4. The molecule has 1 fully saturated rings. The van der Waals surface area contributed by atoms with Crippen molar-refractivity contribution >= 4 is 22.7 Å². The van der Waals surface area contributed by atoms with Crippen molar-refractivity contribution in [2.24, 2.45) is 0 Å². The Labute approximate surface area is 228 Å². The van der Waals surface area contributed by atoms with Crippen LogP contribution in [0.1, 0.15) is 44.2 Å². The first-order chi connectivity index (χ1) is 19.2. The zero-order chi connectivity index (χ0) is 28.3. The molecule has 1 saturated carbocycles. The van der Waals surface area contributed by atoms with Crippen molar-refractivity contribution in [3.8, 4) is 23.1 Å². The van der Waals surface area contributed by atoms with Gasteiger partial charge in [-0.2, -0.15) is 18.4 Å². The maximum atomic E-state index is 12.7. The number of imidazole rings is 1. The standard InChI is InChI=1S/C29H28F3N5O3/c1-19(29(30,31)32)40-28(38)35-21-8-6-20(7-9-21)27-25(17-33)24-16-23(39-15-3-13-36-14-12-34-18-36)10-11-26(24)37(27)22-4-2-5-22/h6-12,14,16,18-19,22H,2-5,13,15H2,1H3,(H,35,38). The lowest BCUT2D eigenvalue weighted by Gasteiger charge is -2.30. The monoisotopic (exact) mass is 551 g/mol. The van der Waals surface area contributed by atoms with E-state index in [0.717, 1.165) is 61.3 Å². The van der Waals surface area contributed by atoms with Crippen LogP contribution in [-0.4, -0.2) is 39.1 Å². The molecule has 0 saturated heterocycles. The van der Waals surface area contributed by atoms with E-state index >= 15 is 0 Å². The Morgan fingerprint density at radius 1 is 1.23 bits per heavy atom. The van der Waals surface area contributed by atoms with Crippen LogP contribution in [0.5, 0.6) is 5.75 Å². The summed E-state index contributed by atoms with van der Waals surface area (Å²) in [6.07, 6.45) is 1.23. The molecule has 0 radical (unpaired) electrons. The zero-order valence-corrected chi connectivity index (χ0v) is 21.8. The second-order valence-corrected chi connectivity index (χ2v) is 9.76. The molecule has 2 aromatic carbocycles. The van der Waals surface area contributed by atoms with Crippen LogP contribution in [0.25, 0.3) is 22.2 Å². The lowest BCUT2D eigenvalue weighted by Crippen LogP contribution is -2.32. The third-order valence-corrected chi connectivity index (χ3v) is 7.06. The molecule has 1 amide bonds. The van der Waals surface area contributed by atoms with Crippen LogP contribution >= 0.6 is 0 Å². The number of amides is 1. The van der Waals surface area contributed by atoms with Crippen molar-refractivity contribution in [2.45, 2.75) is 57.5 Å². The molecular formula is C29H28F3N5O3. The number of rotatable bonds is 9. The van der Waals surface area contributed by atoms with Gasteiger partial charge in [0.1, 0.15) is 11.8 Å². The maximum absolute atomic E-state index is 12.7. The first-order valence-electron chi connectivity index (χ1n) is 13.1. The molecule has 0 bridgehead atoms. The fraction of sp³-hybridized carbons (Fsp3) is 0.345. The van der Waals surface area contributed by atoms with Crippen LogP contribution in [0.3, 0.4) is 0 Å². The number of nitriles is 1. The van der Waals surface area contributed by atoms with Gasteiger partial charge in [0.2, 0.25) is 0 Å². The van der Waals surface area contributed by atoms with Crippen LogP contribution in [-0.2, 0) is 11.3 Å². The molecule has 1 unspecified atom stereocenters. The second-order valence-electron chi connectivity index (χ2n) is 9.76. The molecule has 11 heteroatoms. The number of alkyl halides is 3. The minimum absolute atomic E-state index is 0.248. The Hall–Kier alpha value is -4.46. The van der Waals surface area contributed by atoms with Gasteiger partial charge in [0.25, 0.3) is 0 Å². The van der Waals surface area contributed by atoms with E-state index in [1.54, 1.807) is 36.8 Å². The molecule has 8 nitrogen and oxygen atoms in total. The highest BCUT2D eigenvalue weighted by atomic mass is 19.4. The molecule has 1 N–H and O–H groups in total. The fourth-order valence-corrected chi connectivity index (χ4v) is 4.75. The number of carbonyl (C=O) groups is 1. The van der Waals surface area contributed by atoms with Crippen molar-refractivity contribution in [3.05, 3.63) is 66.7 Å². The van der Waals surface area contributed by atoms with Gasteiger partial charge in [-0.3, -0.25) is 5.32 Å². The number of carbonyl (C=O) groups excluding carboxylic acids is 1. The molecule has 1 aliphatic rings. The van der Waals surface area contributed by atoms with Gasteiger partial charge in [0.05, 0.1) is 29.7 Å². The number of aromatic nitrogens is 3. The lowest BCUT2D eigenvalue weighted by atomic mass is 9.92. The van der Waals surface area contributed by atoms with Gasteiger partial charge in [-0.05, 0) is 68.5 Å². The third kappa shape index (κ3) is 5.76. The highest BCUT2D eigenvalue weighted by Gasteiger charge is 2.39. The Balaban J connectivity index is 1.38. The Bertz CT molecular complexity index is 1520. The summed E-state index contributed by atoms with van der Waals surface area (Å²) in [4.78, 5) is 16.0. The number of hydrogen-bond acceptors (Lipinski definition) is 5. The average molecular weight is 552 g/mol. The second kappa shape index (κ2) is 11.3. The SMILES string of the molecule is CC(OC(=O)Nc1ccc(-c2c(C#N)c3cc(OCCCn4ccnc4)ccc3n2C2CCC2)cc1)C(F)(F)F. The van der Waals surface area contributed by atoms with Crippen LogP contribution < -0.4 is 10.1 Å². The minimum Gasteiger partial charge on any atom is -0.494 e. The molecule has 0 aliphatic heterocycles. The zero-order valence-electron chi connectivity index (χ0n) is 21.8. The Morgan fingerprint density at radius 3 is 2.62 bits per heavy atom. The summed E-state index contributed by atoms with van der Waals surface area (Å²) in [6.45, 7) is 2.07. The van der Waals surface area contributed by atoms with E-state index in [1.165, 1.54) is 0 Å². The van der Waals surface area contributed by atoms with E-state index in [0.29, 0.717) is 17.9 Å². The minimum atomic E-state index is -4.64. The van der Waals surface area contributed by atoms with Crippen molar-refractivity contribution in [2.75, 3.05) is 11.9 Å².